The molecule has 0 aliphatic carbocycles. The number of hydrogen-bond donors (Lipinski definition) is 0. The van der Waals surface area contributed by atoms with Gasteiger partial charge in [-0.25, -0.2) is 4.79 Å². The molecule has 5 heteroatoms. The van der Waals surface area contributed by atoms with E-state index < -0.39 is 5.97 Å². The molecule has 0 saturated heterocycles. The normalized spacial score (nSPS) is 14.4. The van der Waals surface area contributed by atoms with Crippen LogP contribution < -0.4 is 4.74 Å². The van der Waals surface area contributed by atoms with E-state index >= 15 is 0 Å². The highest BCUT2D eigenvalue weighted by atomic mass is 35.5. The Kier molecular flexibility index (Phi) is 4.71. The number of esters is 1. The molecule has 0 aromatic heterocycles. The van der Waals surface area contributed by atoms with E-state index in [2.05, 4.69) is 0 Å². The zero-order chi connectivity index (χ0) is 15.4. The quantitative estimate of drug-likeness (QED) is 0.617. The molecule has 0 fully saturated rings. The average Bonchev–Trinajstić information content (AvgIpc) is 2.58. The first kappa shape index (κ1) is 15.0. The third-order valence-corrected chi connectivity index (χ3v) is 4.36. The maximum atomic E-state index is 12.4. The summed E-state index contributed by atoms with van der Waals surface area (Å²) in [5, 5.41) is 0.591. The van der Waals surface area contributed by atoms with E-state index in [-0.39, 0.29) is 5.76 Å². The molecule has 0 bridgehead atoms. The highest BCUT2D eigenvalue weighted by Gasteiger charge is 2.24. The van der Waals surface area contributed by atoms with Gasteiger partial charge in [0.2, 0.25) is 5.76 Å². The summed E-state index contributed by atoms with van der Waals surface area (Å²) >= 11 is 7.42. The van der Waals surface area contributed by atoms with Gasteiger partial charge in [-0.1, -0.05) is 41.9 Å². The van der Waals surface area contributed by atoms with Crippen molar-refractivity contribution in [3.05, 3.63) is 70.9 Å². The van der Waals surface area contributed by atoms with Crippen molar-refractivity contribution in [3.8, 4) is 5.75 Å². The van der Waals surface area contributed by atoms with Crippen LogP contribution in [0, 0.1) is 0 Å². The summed E-state index contributed by atoms with van der Waals surface area (Å²) in [7, 11) is 0. The van der Waals surface area contributed by atoms with Gasteiger partial charge in [-0.3, -0.25) is 0 Å². The molecule has 0 radical (unpaired) electrons. The van der Waals surface area contributed by atoms with Gasteiger partial charge in [-0.15, -0.1) is 11.8 Å². The van der Waals surface area contributed by atoms with Gasteiger partial charge in [0.1, 0.15) is 5.75 Å². The lowest BCUT2D eigenvalue weighted by Gasteiger charge is -2.19. The molecular formula is C17H13ClO3S. The van der Waals surface area contributed by atoms with Crippen LogP contribution in [-0.2, 0) is 9.53 Å². The van der Waals surface area contributed by atoms with E-state index in [1.54, 1.807) is 36.0 Å². The summed E-state index contributed by atoms with van der Waals surface area (Å²) in [4.78, 5) is 13.2. The van der Waals surface area contributed by atoms with Gasteiger partial charge in [0.05, 0.1) is 11.5 Å². The largest absolute Gasteiger partial charge is 0.485 e. The molecule has 1 aliphatic rings. The van der Waals surface area contributed by atoms with E-state index in [1.807, 2.05) is 30.3 Å². The third kappa shape index (κ3) is 3.46. The molecule has 22 heavy (non-hydrogen) atoms. The van der Waals surface area contributed by atoms with E-state index in [4.69, 9.17) is 21.1 Å². The van der Waals surface area contributed by atoms with Crippen molar-refractivity contribution in [3.63, 3.8) is 0 Å². The molecule has 2 aromatic carbocycles. The van der Waals surface area contributed by atoms with E-state index in [9.17, 15) is 4.79 Å². The minimum Gasteiger partial charge on any atom is -0.485 e. The van der Waals surface area contributed by atoms with Crippen molar-refractivity contribution < 1.29 is 14.3 Å². The van der Waals surface area contributed by atoms with Gasteiger partial charge >= 0.3 is 5.97 Å². The van der Waals surface area contributed by atoms with Crippen molar-refractivity contribution in [2.75, 3.05) is 12.4 Å². The Labute approximate surface area is 137 Å². The van der Waals surface area contributed by atoms with Crippen molar-refractivity contribution in [1.82, 2.24) is 0 Å². The van der Waals surface area contributed by atoms with E-state index in [0.29, 0.717) is 17.4 Å². The second-order valence-electron chi connectivity index (χ2n) is 4.56. The topological polar surface area (TPSA) is 35.5 Å². The van der Waals surface area contributed by atoms with Gasteiger partial charge in [0.25, 0.3) is 0 Å². The first-order chi connectivity index (χ1) is 10.7. The van der Waals surface area contributed by atoms with Gasteiger partial charge in [0, 0.05) is 10.8 Å². The average molecular weight is 333 g/mol. The van der Waals surface area contributed by atoms with Gasteiger partial charge in [-0.05, 0) is 29.8 Å². The smallest absolute Gasteiger partial charge is 0.380 e. The summed E-state index contributed by atoms with van der Waals surface area (Å²) in [6.07, 6.45) is 0. The van der Waals surface area contributed by atoms with Crippen LogP contribution in [0.3, 0.4) is 0 Å². The molecule has 3 nitrogen and oxygen atoms in total. The van der Waals surface area contributed by atoms with Crippen molar-refractivity contribution in [2.24, 2.45) is 0 Å². The van der Waals surface area contributed by atoms with Crippen LogP contribution in [0.15, 0.2) is 60.4 Å². The Bertz CT molecular complexity index is 696. The number of halogens is 1. The maximum Gasteiger partial charge on any atom is 0.380 e. The van der Waals surface area contributed by atoms with Crippen molar-refractivity contribution >= 4 is 34.2 Å². The first-order valence-electron chi connectivity index (χ1n) is 6.77. The lowest BCUT2D eigenvalue weighted by Crippen LogP contribution is -2.19. The Morgan fingerprint density at radius 2 is 1.82 bits per heavy atom. The van der Waals surface area contributed by atoms with Crippen LogP contribution in [0.5, 0.6) is 5.75 Å². The SMILES string of the molecule is O=C(Oc1ccc(Cl)cc1)C1=C(c2ccccc2)SCCO1. The zero-order valence-electron chi connectivity index (χ0n) is 11.6. The summed E-state index contributed by atoms with van der Waals surface area (Å²) in [5.41, 5.74) is 0.954. The number of carbonyl (C=O) groups is 1. The fourth-order valence-corrected chi connectivity index (χ4v) is 3.10. The zero-order valence-corrected chi connectivity index (χ0v) is 13.2. The minimum atomic E-state index is -0.492. The Morgan fingerprint density at radius 3 is 2.55 bits per heavy atom. The molecule has 0 atom stereocenters. The third-order valence-electron chi connectivity index (χ3n) is 3.03. The van der Waals surface area contributed by atoms with Gasteiger partial charge in [-0.2, -0.15) is 0 Å². The van der Waals surface area contributed by atoms with E-state index in [0.717, 1.165) is 16.2 Å². The van der Waals surface area contributed by atoms with Crippen molar-refractivity contribution in [1.29, 1.82) is 0 Å². The number of ether oxygens (including phenoxy) is 2. The van der Waals surface area contributed by atoms with E-state index in [1.165, 1.54) is 0 Å². The van der Waals surface area contributed by atoms with Gasteiger partial charge < -0.3 is 9.47 Å². The maximum absolute atomic E-state index is 12.4. The number of carbonyl (C=O) groups excluding carboxylic acids is 1. The predicted octanol–water partition coefficient (Wildman–Crippen LogP) is 4.38. The van der Waals surface area contributed by atoms with Crippen molar-refractivity contribution in [2.45, 2.75) is 0 Å². The molecule has 0 N–H and O–H groups in total. The molecule has 112 valence electrons. The fourth-order valence-electron chi connectivity index (χ4n) is 2.03. The van der Waals surface area contributed by atoms with Crippen LogP contribution in [-0.4, -0.2) is 18.3 Å². The van der Waals surface area contributed by atoms with Crippen LogP contribution in [0.1, 0.15) is 5.56 Å². The second kappa shape index (κ2) is 6.90. The molecule has 1 heterocycles. The number of thioether (sulfide) groups is 1. The summed E-state index contributed by atoms with van der Waals surface area (Å²) in [6, 6.07) is 16.3. The standard InChI is InChI=1S/C17H13ClO3S/c18-13-6-8-14(9-7-13)21-17(19)15-16(22-11-10-20-15)12-4-2-1-3-5-12/h1-9H,10-11H2. The first-order valence-corrected chi connectivity index (χ1v) is 8.13. The molecule has 1 aliphatic heterocycles. The van der Waals surface area contributed by atoms with Crippen LogP contribution in [0.4, 0.5) is 0 Å². The molecular weight excluding hydrogens is 320 g/mol. The Hall–Kier alpha value is -1.91. The van der Waals surface area contributed by atoms with Crippen LogP contribution >= 0.6 is 23.4 Å². The summed E-state index contributed by atoms with van der Waals surface area (Å²) in [6.45, 7) is 0.492. The molecule has 0 amide bonds. The van der Waals surface area contributed by atoms with Crippen LogP contribution in [0.25, 0.3) is 4.91 Å². The fraction of sp³-hybridized carbons (Fsp3) is 0.118. The molecule has 3 rings (SSSR count). The summed E-state index contributed by atoms with van der Waals surface area (Å²) in [5.74, 6) is 1.02. The lowest BCUT2D eigenvalue weighted by atomic mass is 10.2. The number of benzene rings is 2. The lowest BCUT2D eigenvalue weighted by molar-refractivity contribution is -0.133. The Morgan fingerprint density at radius 1 is 1.09 bits per heavy atom. The van der Waals surface area contributed by atoms with Gasteiger partial charge in [0.15, 0.2) is 0 Å². The number of rotatable bonds is 3. The highest BCUT2D eigenvalue weighted by molar-refractivity contribution is 8.08. The molecule has 0 saturated carbocycles. The monoisotopic (exact) mass is 332 g/mol. The second-order valence-corrected chi connectivity index (χ2v) is 6.11. The highest BCUT2D eigenvalue weighted by Crippen LogP contribution is 2.35. The minimum absolute atomic E-state index is 0.261. The number of hydrogen-bond acceptors (Lipinski definition) is 4. The predicted molar refractivity (Wildman–Crippen MR) is 88.9 cm³/mol. The molecule has 0 unspecified atom stereocenters. The molecule has 2 aromatic rings. The van der Waals surface area contributed by atoms with Crippen LogP contribution in [0.2, 0.25) is 5.02 Å². The summed E-state index contributed by atoms with van der Waals surface area (Å²) < 4.78 is 10.9. The Balaban J connectivity index is 1.87. The molecule has 0 spiro atoms.